The lowest BCUT2D eigenvalue weighted by Crippen LogP contribution is -2.12. The van der Waals surface area contributed by atoms with E-state index in [0.717, 1.165) is 5.41 Å². The third kappa shape index (κ3) is 8.03. The zero-order chi connectivity index (χ0) is 13.4. The van der Waals surface area contributed by atoms with Crippen molar-refractivity contribution in [3.8, 4) is 0 Å². The Balaban J connectivity index is 4.40. The Morgan fingerprint density at radius 2 is 1.76 bits per heavy atom. The molecule has 0 atom stereocenters. The monoisotopic (exact) mass is 262 g/mol. The molecule has 7 nitrogen and oxygen atoms in total. The Labute approximate surface area is 100 Å². The molecule has 0 aliphatic carbocycles. The highest BCUT2D eigenvalue weighted by atomic mass is 32.2. The number of rotatable bonds is 6. The van der Waals surface area contributed by atoms with Crippen LogP contribution >= 0.6 is 11.8 Å². The molecular weight excluding hydrogens is 252 g/mol. The highest BCUT2D eigenvalue weighted by Gasteiger charge is 2.15. The lowest BCUT2D eigenvalue weighted by Gasteiger charge is -2.03. The van der Waals surface area contributed by atoms with Gasteiger partial charge in [0.15, 0.2) is 5.12 Å². The Bertz CT molecular complexity index is 372. The topological polar surface area (TPSA) is 118 Å². The Hall–Kier alpha value is -1.83. The van der Waals surface area contributed by atoms with E-state index < -0.39 is 36.5 Å². The fourth-order valence-corrected chi connectivity index (χ4v) is 1.06. The predicted octanol–water partition coefficient (Wildman–Crippen LogP) is 0.600. The van der Waals surface area contributed by atoms with E-state index in [1.165, 1.54) is 6.92 Å². The molecule has 0 aromatic carbocycles. The van der Waals surface area contributed by atoms with Crippen LogP contribution in [-0.4, -0.2) is 33.2 Å². The first-order chi connectivity index (χ1) is 7.82. The third-order valence-electron chi connectivity index (χ3n) is 1.31. The molecule has 0 aromatic rings. The lowest BCUT2D eigenvalue weighted by molar-refractivity contribution is -0.149. The summed E-state index contributed by atoms with van der Waals surface area (Å²) in [6.07, 6.45) is -0.893. The Morgan fingerprint density at radius 1 is 1.18 bits per heavy atom. The van der Waals surface area contributed by atoms with Crippen LogP contribution in [0, 0.1) is 0 Å². The molecule has 0 radical (unpaired) electrons. The standard InChI is InChI=1S/C9H10O7S/c1-5(10)17-4-6(9(14)15)16-8(13)3-2-7(11)12/h4H,2-3H2,1H3,(H,11,12)(H,14,15). The van der Waals surface area contributed by atoms with Crippen molar-refractivity contribution in [2.24, 2.45) is 0 Å². The molecule has 0 heterocycles. The van der Waals surface area contributed by atoms with E-state index in [4.69, 9.17) is 10.2 Å². The van der Waals surface area contributed by atoms with Crippen molar-refractivity contribution in [3.63, 3.8) is 0 Å². The maximum absolute atomic E-state index is 11.0. The van der Waals surface area contributed by atoms with Crippen molar-refractivity contribution in [1.82, 2.24) is 0 Å². The van der Waals surface area contributed by atoms with E-state index in [1.54, 1.807) is 0 Å². The van der Waals surface area contributed by atoms with Crippen LogP contribution < -0.4 is 0 Å². The van der Waals surface area contributed by atoms with Gasteiger partial charge in [-0.15, -0.1) is 0 Å². The highest BCUT2D eigenvalue weighted by molar-refractivity contribution is 8.16. The zero-order valence-corrected chi connectivity index (χ0v) is 9.65. The number of ether oxygens (including phenoxy) is 1. The van der Waals surface area contributed by atoms with Crippen LogP contribution in [-0.2, 0) is 23.9 Å². The number of carboxylic acid groups (broad SMARTS) is 2. The summed E-state index contributed by atoms with van der Waals surface area (Å²) in [4.78, 5) is 42.4. The van der Waals surface area contributed by atoms with Gasteiger partial charge in [0.25, 0.3) is 0 Å². The average molecular weight is 262 g/mol. The molecule has 0 aliphatic heterocycles. The lowest BCUT2D eigenvalue weighted by atomic mass is 10.3. The summed E-state index contributed by atoms with van der Waals surface area (Å²) >= 11 is 0.559. The largest absolute Gasteiger partial charge is 0.481 e. The molecule has 0 spiro atoms. The van der Waals surface area contributed by atoms with Gasteiger partial charge in [-0.2, -0.15) is 0 Å². The SMILES string of the molecule is CC(=O)SC=C(OC(=O)CCC(=O)O)C(=O)O. The second kappa shape index (κ2) is 7.44. The molecule has 0 fully saturated rings. The van der Waals surface area contributed by atoms with Crippen molar-refractivity contribution in [2.45, 2.75) is 19.8 Å². The predicted molar refractivity (Wildman–Crippen MR) is 57.0 cm³/mol. The van der Waals surface area contributed by atoms with Gasteiger partial charge in [0, 0.05) is 12.3 Å². The highest BCUT2D eigenvalue weighted by Crippen LogP contribution is 2.11. The first-order valence-electron chi connectivity index (χ1n) is 4.36. The number of hydrogen-bond acceptors (Lipinski definition) is 6. The number of carboxylic acids is 2. The summed E-state index contributed by atoms with van der Waals surface area (Å²) in [5.74, 6) is -4.39. The third-order valence-corrected chi connectivity index (χ3v) is 1.97. The molecule has 0 bridgehead atoms. The second-order valence-corrected chi connectivity index (χ2v) is 3.81. The van der Waals surface area contributed by atoms with Crippen LogP contribution in [0.4, 0.5) is 0 Å². The molecule has 94 valence electrons. The van der Waals surface area contributed by atoms with Crippen molar-refractivity contribution in [1.29, 1.82) is 0 Å². The van der Waals surface area contributed by atoms with Crippen LogP contribution in [0.3, 0.4) is 0 Å². The molecule has 0 unspecified atom stereocenters. The number of carbonyl (C=O) groups excluding carboxylic acids is 2. The smallest absolute Gasteiger partial charge is 0.372 e. The van der Waals surface area contributed by atoms with Gasteiger partial charge in [0.1, 0.15) is 0 Å². The Morgan fingerprint density at radius 3 is 2.18 bits per heavy atom. The quantitative estimate of drug-likeness (QED) is 0.406. The summed E-state index contributed by atoms with van der Waals surface area (Å²) in [7, 11) is 0. The first kappa shape index (κ1) is 15.2. The zero-order valence-electron chi connectivity index (χ0n) is 8.84. The average Bonchev–Trinajstić information content (AvgIpc) is 2.20. The molecule has 2 N–H and O–H groups in total. The van der Waals surface area contributed by atoms with Crippen molar-refractivity contribution >= 4 is 34.8 Å². The van der Waals surface area contributed by atoms with E-state index in [0.29, 0.717) is 11.8 Å². The van der Waals surface area contributed by atoms with Gasteiger partial charge in [-0.25, -0.2) is 4.79 Å². The number of aliphatic carboxylic acids is 2. The van der Waals surface area contributed by atoms with Gasteiger partial charge in [0.05, 0.1) is 12.8 Å². The van der Waals surface area contributed by atoms with Crippen LogP contribution in [0.1, 0.15) is 19.8 Å². The molecule has 17 heavy (non-hydrogen) atoms. The van der Waals surface area contributed by atoms with Gasteiger partial charge in [0.2, 0.25) is 5.76 Å². The molecule has 0 aromatic heterocycles. The summed E-state index contributed by atoms with van der Waals surface area (Å²) in [5, 5.41) is 17.4. The van der Waals surface area contributed by atoms with E-state index in [9.17, 15) is 19.2 Å². The summed E-state index contributed by atoms with van der Waals surface area (Å²) < 4.78 is 4.40. The van der Waals surface area contributed by atoms with E-state index >= 15 is 0 Å². The van der Waals surface area contributed by atoms with E-state index in [-0.39, 0.29) is 5.12 Å². The number of esters is 1. The molecule has 0 saturated heterocycles. The summed E-state index contributed by atoms with van der Waals surface area (Å²) in [5.41, 5.74) is 0. The number of thioether (sulfide) groups is 1. The van der Waals surface area contributed by atoms with Crippen molar-refractivity contribution in [2.75, 3.05) is 0 Å². The van der Waals surface area contributed by atoms with Gasteiger partial charge in [-0.05, 0) is 0 Å². The molecule has 8 heteroatoms. The van der Waals surface area contributed by atoms with Crippen LogP contribution in [0.5, 0.6) is 0 Å². The molecule has 0 saturated carbocycles. The molecule has 0 rings (SSSR count). The van der Waals surface area contributed by atoms with Gasteiger partial charge in [-0.3, -0.25) is 14.4 Å². The molecular formula is C9H10O7S. The molecule has 0 aliphatic rings. The van der Waals surface area contributed by atoms with Crippen LogP contribution in [0.2, 0.25) is 0 Å². The maximum Gasteiger partial charge on any atom is 0.372 e. The minimum Gasteiger partial charge on any atom is -0.481 e. The van der Waals surface area contributed by atoms with Gasteiger partial charge >= 0.3 is 17.9 Å². The minimum absolute atomic E-state index is 0.370. The van der Waals surface area contributed by atoms with Crippen molar-refractivity contribution < 1.29 is 34.1 Å². The summed E-state index contributed by atoms with van der Waals surface area (Å²) in [6.45, 7) is 1.22. The van der Waals surface area contributed by atoms with Gasteiger partial charge in [-0.1, -0.05) is 11.8 Å². The van der Waals surface area contributed by atoms with E-state index in [2.05, 4.69) is 4.74 Å². The molecule has 0 amide bonds. The second-order valence-electron chi connectivity index (χ2n) is 2.76. The number of carbonyl (C=O) groups is 4. The minimum atomic E-state index is -1.51. The van der Waals surface area contributed by atoms with Crippen LogP contribution in [0.15, 0.2) is 11.2 Å². The Kier molecular flexibility index (Phi) is 6.64. The number of hydrogen-bond donors (Lipinski definition) is 2. The van der Waals surface area contributed by atoms with Crippen molar-refractivity contribution in [3.05, 3.63) is 11.2 Å². The van der Waals surface area contributed by atoms with Gasteiger partial charge < -0.3 is 14.9 Å². The fourth-order valence-electron chi connectivity index (χ4n) is 0.637. The fraction of sp³-hybridized carbons (Fsp3) is 0.333. The first-order valence-corrected chi connectivity index (χ1v) is 5.24. The van der Waals surface area contributed by atoms with Crippen LogP contribution in [0.25, 0.3) is 0 Å². The summed E-state index contributed by atoms with van der Waals surface area (Å²) in [6, 6.07) is 0. The normalized spacial score (nSPS) is 10.8. The maximum atomic E-state index is 11.0. The van der Waals surface area contributed by atoms with E-state index in [1.807, 2.05) is 0 Å².